The van der Waals surface area contributed by atoms with Crippen LogP contribution in [0.4, 0.5) is 5.69 Å². The minimum Gasteiger partial charge on any atom is -0.481 e. The number of amides is 1. The van der Waals surface area contributed by atoms with E-state index in [4.69, 9.17) is 4.74 Å². The number of anilines is 1. The Morgan fingerprint density at radius 2 is 2.21 bits per heavy atom. The minimum absolute atomic E-state index is 0.109. The van der Waals surface area contributed by atoms with Crippen LogP contribution in [0.25, 0.3) is 0 Å². The van der Waals surface area contributed by atoms with E-state index in [-0.39, 0.29) is 12.5 Å². The lowest BCUT2D eigenvalue weighted by Crippen LogP contribution is -2.13. The van der Waals surface area contributed by atoms with E-state index in [0.717, 1.165) is 11.3 Å². The van der Waals surface area contributed by atoms with Crippen molar-refractivity contribution < 1.29 is 9.53 Å². The van der Waals surface area contributed by atoms with Gasteiger partial charge in [-0.3, -0.25) is 4.79 Å². The van der Waals surface area contributed by atoms with Crippen LogP contribution in [0.2, 0.25) is 0 Å². The number of carbonyl (C=O) groups excluding carboxylic acids is 1. The third-order valence-electron chi connectivity index (χ3n) is 1.99. The monoisotopic (exact) mass is 190 g/mol. The van der Waals surface area contributed by atoms with Crippen molar-refractivity contribution >= 4 is 17.5 Å². The van der Waals surface area contributed by atoms with Gasteiger partial charge in [-0.2, -0.15) is 0 Å². The normalized spacial score (nSPS) is 14.9. The zero-order valence-corrected chi connectivity index (χ0v) is 7.78. The topological polar surface area (TPSA) is 50.7 Å². The molecule has 0 fully saturated rings. The third kappa shape index (κ3) is 1.46. The predicted octanol–water partition coefficient (Wildman–Crippen LogP) is 1.03. The van der Waals surface area contributed by atoms with Crippen LogP contribution >= 0.6 is 0 Å². The highest BCUT2D eigenvalue weighted by Gasteiger charge is 2.15. The Labute approximate surface area is 81.6 Å². The van der Waals surface area contributed by atoms with Crippen molar-refractivity contribution in [1.82, 2.24) is 0 Å². The number of rotatable bonds is 0. The summed E-state index contributed by atoms with van der Waals surface area (Å²) in [4.78, 5) is 15.3. The molecule has 1 N–H and O–H groups in total. The lowest BCUT2D eigenvalue weighted by molar-refractivity contribution is -0.114. The Bertz CT molecular complexity index is 399. The summed E-state index contributed by atoms with van der Waals surface area (Å²) < 4.78 is 5.10. The van der Waals surface area contributed by atoms with Crippen LogP contribution in [-0.4, -0.2) is 25.5 Å². The molecule has 0 aromatic heterocycles. The summed E-state index contributed by atoms with van der Waals surface area (Å²) in [5.41, 5.74) is 1.57. The van der Waals surface area contributed by atoms with Crippen LogP contribution in [0.3, 0.4) is 0 Å². The highest BCUT2D eigenvalue weighted by atomic mass is 16.5. The highest BCUT2D eigenvalue weighted by molar-refractivity contribution is 6.07. The number of methoxy groups -OCH3 is 1. The van der Waals surface area contributed by atoms with E-state index in [0.29, 0.717) is 5.90 Å². The van der Waals surface area contributed by atoms with Crippen molar-refractivity contribution in [2.24, 2.45) is 4.99 Å². The van der Waals surface area contributed by atoms with Crippen LogP contribution in [0.5, 0.6) is 0 Å². The maximum Gasteiger partial charge on any atom is 0.246 e. The first-order valence-electron chi connectivity index (χ1n) is 4.29. The summed E-state index contributed by atoms with van der Waals surface area (Å²) in [7, 11) is 1.55. The van der Waals surface area contributed by atoms with E-state index < -0.39 is 0 Å². The van der Waals surface area contributed by atoms with Crippen molar-refractivity contribution in [3.63, 3.8) is 0 Å². The molecule has 0 bridgehead atoms. The Hall–Kier alpha value is -1.84. The number of ether oxygens (including phenoxy) is 1. The molecule has 0 unspecified atom stereocenters. The number of nitrogens with one attached hydrogen (secondary N) is 1. The minimum atomic E-state index is -0.121. The zero-order valence-electron chi connectivity index (χ0n) is 7.78. The summed E-state index contributed by atoms with van der Waals surface area (Å²) in [5, 5.41) is 2.75. The number of hydrogen-bond donors (Lipinski definition) is 1. The first-order valence-corrected chi connectivity index (χ1v) is 4.29. The van der Waals surface area contributed by atoms with Gasteiger partial charge in [0.15, 0.2) is 0 Å². The van der Waals surface area contributed by atoms with Gasteiger partial charge in [-0.1, -0.05) is 12.1 Å². The molecule has 72 valence electrons. The molecule has 0 saturated carbocycles. The molecule has 1 aromatic rings. The summed E-state index contributed by atoms with van der Waals surface area (Å²) in [6.07, 6.45) is 0. The first-order chi connectivity index (χ1) is 6.81. The molecule has 2 rings (SSSR count). The maximum absolute atomic E-state index is 11.2. The molecule has 0 aliphatic carbocycles. The molecular formula is C10H10N2O2. The number of para-hydroxylation sites is 1. The molecular weight excluding hydrogens is 180 g/mol. The number of nitrogens with zero attached hydrogens (tertiary/aromatic N) is 1. The largest absolute Gasteiger partial charge is 0.481 e. The van der Waals surface area contributed by atoms with Gasteiger partial charge in [0.25, 0.3) is 0 Å². The van der Waals surface area contributed by atoms with Gasteiger partial charge in [0.2, 0.25) is 11.8 Å². The number of aliphatic imine (C=N–C) groups is 1. The number of carbonyl (C=O) groups is 1. The maximum atomic E-state index is 11.2. The van der Waals surface area contributed by atoms with Crippen LogP contribution < -0.4 is 5.32 Å². The van der Waals surface area contributed by atoms with Crippen molar-refractivity contribution in [2.75, 3.05) is 19.0 Å². The molecule has 4 nitrogen and oxygen atoms in total. The fraction of sp³-hybridized carbons (Fsp3) is 0.200. The molecule has 1 aromatic carbocycles. The van der Waals surface area contributed by atoms with E-state index in [1.807, 2.05) is 24.3 Å². The number of hydrogen-bond acceptors (Lipinski definition) is 3. The van der Waals surface area contributed by atoms with Crippen molar-refractivity contribution in [1.29, 1.82) is 0 Å². The van der Waals surface area contributed by atoms with Gasteiger partial charge in [0.05, 0.1) is 18.4 Å². The van der Waals surface area contributed by atoms with Gasteiger partial charge in [0, 0.05) is 0 Å². The molecule has 14 heavy (non-hydrogen) atoms. The average Bonchev–Trinajstić information content (AvgIpc) is 2.36. The fourth-order valence-electron chi connectivity index (χ4n) is 1.37. The summed E-state index contributed by atoms with van der Waals surface area (Å²) in [6.45, 7) is 0.109. The van der Waals surface area contributed by atoms with Crippen LogP contribution in [0.1, 0.15) is 5.56 Å². The second-order valence-electron chi connectivity index (χ2n) is 2.92. The van der Waals surface area contributed by atoms with Crippen LogP contribution in [0, 0.1) is 0 Å². The lowest BCUT2D eigenvalue weighted by Gasteiger charge is -2.06. The summed E-state index contributed by atoms with van der Waals surface area (Å²) in [6, 6.07) is 7.43. The van der Waals surface area contributed by atoms with Gasteiger partial charge in [-0.15, -0.1) is 0 Å². The van der Waals surface area contributed by atoms with Gasteiger partial charge in [-0.25, -0.2) is 4.99 Å². The molecule has 0 spiro atoms. The summed E-state index contributed by atoms with van der Waals surface area (Å²) in [5.74, 6) is 0.378. The summed E-state index contributed by atoms with van der Waals surface area (Å²) >= 11 is 0. The molecule has 0 radical (unpaired) electrons. The molecule has 1 amide bonds. The predicted molar refractivity (Wildman–Crippen MR) is 53.5 cm³/mol. The molecule has 1 aliphatic rings. The third-order valence-corrected chi connectivity index (χ3v) is 1.99. The molecule has 0 atom stereocenters. The molecule has 1 heterocycles. The quantitative estimate of drug-likeness (QED) is 0.664. The smallest absolute Gasteiger partial charge is 0.246 e. The van der Waals surface area contributed by atoms with E-state index in [2.05, 4.69) is 10.3 Å². The first kappa shape index (κ1) is 8.74. The standard InChI is InChI=1S/C10H10N2O2/c1-14-10-7-4-2-3-5-8(7)12-9(13)6-11-10/h2-5H,6H2,1H3,(H,12,13). The zero-order chi connectivity index (χ0) is 9.97. The Kier molecular flexibility index (Phi) is 2.18. The Morgan fingerprint density at radius 3 is 3.00 bits per heavy atom. The number of benzodiazepines with no additional fused rings is 1. The lowest BCUT2D eigenvalue weighted by atomic mass is 10.2. The number of fused-ring (bicyclic) bond motifs is 1. The SMILES string of the molecule is COC1=NCC(=O)Nc2ccccc21. The van der Waals surface area contributed by atoms with Gasteiger partial charge < -0.3 is 10.1 Å². The second-order valence-corrected chi connectivity index (χ2v) is 2.92. The van der Waals surface area contributed by atoms with Crippen molar-refractivity contribution in [3.05, 3.63) is 29.8 Å². The average molecular weight is 190 g/mol. The van der Waals surface area contributed by atoms with Gasteiger partial charge >= 0.3 is 0 Å². The van der Waals surface area contributed by atoms with E-state index >= 15 is 0 Å². The molecule has 4 heteroatoms. The molecule has 1 aliphatic heterocycles. The molecule has 0 saturated heterocycles. The Morgan fingerprint density at radius 1 is 1.43 bits per heavy atom. The van der Waals surface area contributed by atoms with E-state index in [1.165, 1.54) is 0 Å². The highest BCUT2D eigenvalue weighted by Crippen LogP contribution is 2.18. The van der Waals surface area contributed by atoms with E-state index in [9.17, 15) is 4.79 Å². The number of benzene rings is 1. The van der Waals surface area contributed by atoms with E-state index in [1.54, 1.807) is 7.11 Å². The van der Waals surface area contributed by atoms with Crippen LogP contribution in [0.15, 0.2) is 29.3 Å². The Balaban J connectivity index is 2.52. The van der Waals surface area contributed by atoms with Gasteiger partial charge in [0.1, 0.15) is 6.54 Å². The second kappa shape index (κ2) is 3.49. The van der Waals surface area contributed by atoms with Gasteiger partial charge in [-0.05, 0) is 12.1 Å². The van der Waals surface area contributed by atoms with Crippen molar-refractivity contribution in [3.8, 4) is 0 Å². The van der Waals surface area contributed by atoms with Crippen molar-refractivity contribution in [2.45, 2.75) is 0 Å². The van der Waals surface area contributed by atoms with Crippen LogP contribution in [-0.2, 0) is 9.53 Å². The fourth-order valence-corrected chi connectivity index (χ4v) is 1.37.